The molecule has 0 spiro atoms. The summed E-state index contributed by atoms with van der Waals surface area (Å²) in [6, 6.07) is 4.15. The second-order valence-electron chi connectivity index (χ2n) is 8.17. The number of hydrogen-bond donors (Lipinski definition) is 0. The Morgan fingerprint density at radius 3 is 2.48 bits per heavy atom. The summed E-state index contributed by atoms with van der Waals surface area (Å²) >= 11 is 2.03. The second kappa shape index (κ2) is 8.75. The van der Waals surface area contributed by atoms with Gasteiger partial charge < -0.3 is 9.64 Å². The van der Waals surface area contributed by atoms with Crippen molar-refractivity contribution in [3.05, 3.63) is 27.3 Å². The fourth-order valence-corrected chi connectivity index (χ4v) is 4.58. The number of sulfone groups is 1. The van der Waals surface area contributed by atoms with E-state index in [1.807, 2.05) is 22.6 Å². The number of piperazine rings is 1. The van der Waals surface area contributed by atoms with Crippen molar-refractivity contribution < 1.29 is 27.1 Å². The molecule has 1 saturated heterocycles. The van der Waals surface area contributed by atoms with Gasteiger partial charge in [-0.3, -0.25) is 9.69 Å². The van der Waals surface area contributed by atoms with Gasteiger partial charge in [0.25, 0.3) is 0 Å². The van der Waals surface area contributed by atoms with Crippen LogP contribution >= 0.6 is 22.6 Å². The maximum atomic E-state index is 13.2. The van der Waals surface area contributed by atoms with Crippen molar-refractivity contribution in [1.82, 2.24) is 4.90 Å². The molecule has 2 atom stereocenters. The van der Waals surface area contributed by atoms with Gasteiger partial charge in [0.05, 0.1) is 11.3 Å². The summed E-state index contributed by atoms with van der Waals surface area (Å²) in [4.78, 5) is 28.1. The third-order valence-corrected chi connectivity index (χ3v) is 6.92. The van der Waals surface area contributed by atoms with Gasteiger partial charge in [0.1, 0.15) is 18.8 Å². The highest BCUT2D eigenvalue weighted by molar-refractivity contribution is 14.1. The molecule has 162 valence electrons. The highest BCUT2D eigenvalue weighted by atomic mass is 127. The maximum absolute atomic E-state index is 13.2. The SMILES string of the molecule is CC([C@@H]1CN(c2cc(I)cc(CF)c2)C(=O)CN1C(=O)OC(C)(C)C)S(C)(=O)=O. The summed E-state index contributed by atoms with van der Waals surface area (Å²) in [7, 11) is -3.51. The normalized spacial score (nSPS) is 19.3. The largest absolute Gasteiger partial charge is 0.444 e. The van der Waals surface area contributed by atoms with Crippen molar-refractivity contribution in [2.24, 2.45) is 0 Å². The molecule has 1 fully saturated rings. The molecule has 2 rings (SSSR count). The molecule has 0 bridgehead atoms. The van der Waals surface area contributed by atoms with E-state index in [0.717, 1.165) is 9.83 Å². The Hall–Kier alpha value is -1.43. The monoisotopic (exact) mass is 540 g/mol. The zero-order chi connectivity index (χ0) is 22.1. The van der Waals surface area contributed by atoms with Crippen LogP contribution in [0.25, 0.3) is 0 Å². The van der Waals surface area contributed by atoms with Crippen LogP contribution in [0.15, 0.2) is 18.2 Å². The molecule has 0 N–H and O–H groups in total. The van der Waals surface area contributed by atoms with Gasteiger partial charge in [-0.1, -0.05) is 0 Å². The molecule has 1 aliphatic heterocycles. The highest BCUT2D eigenvalue weighted by Gasteiger charge is 2.43. The van der Waals surface area contributed by atoms with E-state index in [1.165, 1.54) is 16.7 Å². The molecule has 10 heteroatoms. The van der Waals surface area contributed by atoms with E-state index in [1.54, 1.807) is 39.0 Å². The Balaban J connectivity index is 2.43. The quantitative estimate of drug-likeness (QED) is 0.549. The number of benzene rings is 1. The molecule has 29 heavy (non-hydrogen) atoms. The fourth-order valence-electron chi connectivity index (χ4n) is 3.06. The maximum Gasteiger partial charge on any atom is 0.411 e. The number of hydrogen-bond acceptors (Lipinski definition) is 5. The summed E-state index contributed by atoms with van der Waals surface area (Å²) in [5.41, 5.74) is 0.105. The van der Waals surface area contributed by atoms with Crippen LogP contribution in [-0.4, -0.2) is 61.6 Å². The number of carbonyl (C=O) groups excluding carboxylic acids is 2. The lowest BCUT2D eigenvalue weighted by atomic mass is 10.1. The molecule has 1 aromatic rings. The molecule has 7 nitrogen and oxygen atoms in total. The van der Waals surface area contributed by atoms with Crippen LogP contribution in [0.5, 0.6) is 0 Å². The lowest BCUT2D eigenvalue weighted by molar-refractivity contribution is -0.122. The van der Waals surface area contributed by atoms with Gasteiger partial charge in [0, 0.05) is 22.1 Å². The van der Waals surface area contributed by atoms with Crippen molar-refractivity contribution >= 4 is 50.1 Å². The van der Waals surface area contributed by atoms with Gasteiger partial charge >= 0.3 is 6.09 Å². The predicted molar refractivity (Wildman–Crippen MR) is 117 cm³/mol. The van der Waals surface area contributed by atoms with Gasteiger partial charge in [-0.25, -0.2) is 17.6 Å². The minimum Gasteiger partial charge on any atom is -0.444 e. The van der Waals surface area contributed by atoms with E-state index in [9.17, 15) is 22.4 Å². The van der Waals surface area contributed by atoms with Crippen molar-refractivity contribution in [1.29, 1.82) is 0 Å². The lowest BCUT2D eigenvalue weighted by Gasteiger charge is -2.43. The molecule has 0 aromatic heterocycles. The molecule has 1 heterocycles. The van der Waals surface area contributed by atoms with Crippen LogP contribution in [0.4, 0.5) is 14.9 Å². The molecule has 0 saturated carbocycles. The Labute approximate surface area is 184 Å². The first-order valence-electron chi connectivity index (χ1n) is 9.07. The van der Waals surface area contributed by atoms with Crippen molar-refractivity contribution in [3.8, 4) is 0 Å². The number of rotatable bonds is 4. The number of nitrogens with zero attached hydrogens (tertiary/aromatic N) is 2. The smallest absolute Gasteiger partial charge is 0.411 e. The van der Waals surface area contributed by atoms with Crippen LogP contribution < -0.4 is 4.90 Å². The Morgan fingerprint density at radius 1 is 1.34 bits per heavy atom. The number of alkyl halides is 1. The molecule has 1 unspecified atom stereocenters. The topological polar surface area (TPSA) is 84.0 Å². The average molecular weight is 540 g/mol. The van der Waals surface area contributed by atoms with Gasteiger partial charge in [0.2, 0.25) is 5.91 Å². The van der Waals surface area contributed by atoms with E-state index in [2.05, 4.69) is 0 Å². The number of ether oxygens (including phenoxy) is 1. The van der Waals surface area contributed by atoms with Crippen LogP contribution in [0, 0.1) is 3.57 Å². The zero-order valence-corrected chi connectivity index (χ0v) is 20.1. The minimum absolute atomic E-state index is 0.0296. The number of halogens is 2. The van der Waals surface area contributed by atoms with Gasteiger partial charge in [0.15, 0.2) is 9.84 Å². The van der Waals surface area contributed by atoms with Gasteiger partial charge in [-0.2, -0.15) is 0 Å². The Bertz CT molecular complexity index is 900. The van der Waals surface area contributed by atoms with E-state index >= 15 is 0 Å². The van der Waals surface area contributed by atoms with Crippen molar-refractivity contribution in [2.75, 3.05) is 24.2 Å². The van der Waals surface area contributed by atoms with Crippen LogP contribution in [0.2, 0.25) is 0 Å². The number of carbonyl (C=O) groups is 2. The molecule has 2 amide bonds. The standard InChI is InChI=1S/C19H26FIN2O5S/c1-12(29(5,26)27)16-10-22(15-7-13(9-20)6-14(21)8-15)17(24)11-23(16)18(25)28-19(2,3)4/h6-8,12,16H,9-11H2,1-5H3/t12?,16-/m0/s1. The van der Waals surface area contributed by atoms with Crippen LogP contribution in [-0.2, 0) is 26.0 Å². The van der Waals surface area contributed by atoms with E-state index in [4.69, 9.17) is 4.74 Å². The summed E-state index contributed by atoms with van der Waals surface area (Å²) in [5.74, 6) is -0.389. The fraction of sp³-hybridized carbons (Fsp3) is 0.579. The van der Waals surface area contributed by atoms with Gasteiger partial charge in [-0.05, 0) is 74.0 Å². The first-order chi connectivity index (χ1) is 13.2. The number of amides is 2. The molecule has 0 aliphatic carbocycles. The highest BCUT2D eigenvalue weighted by Crippen LogP contribution is 2.28. The van der Waals surface area contributed by atoms with Crippen LogP contribution in [0.3, 0.4) is 0 Å². The zero-order valence-electron chi connectivity index (χ0n) is 17.1. The second-order valence-corrected chi connectivity index (χ2v) is 11.8. The molecular weight excluding hydrogens is 514 g/mol. The molecule has 1 aliphatic rings. The average Bonchev–Trinajstić information content (AvgIpc) is 2.57. The summed E-state index contributed by atoms with van der Waals surface area (Å²) in [5, 5.41) is -0.922. The lowest BCUT2D eigenvalue weighted by Crippen LogP contribution is -2.63. The molecule has 0 radical (unpaired) electrons. The summed E-state index contributed by atoms with van der Waals surface area (Å²) < 4.78 is 43.8. The number of anilines is 1. The van der Waals surface area contributed by atoms with E-state index in [0.29, 0.717) is 11.3 Å². The van der Waals surface area contributed by atoms with Crippen molar-refractivity contribution in [3.63, 3.8) is 0 Å². The third-order valence-electron chi connectivity index (χ3n) is 4.63. The van der Waals surface area contributed by atoms with Crippen molar-refractivity contribution in [2.45, 2.75) is 51.3 Å². The van der Waals surface area contributed by atoms with E-state index < -0.39 is 39.5 Å². The minimum atomic E-state index is -3.51. The van der Waals surface area contributed by atoms with E-state index in [-0.39, 0.29) is 19.0 Å². The Morgan fingerprint density at radius 2 is 1.97 bits per heavy atom. The predicted octanol–water partition coefficient (Wildman–Crippen LogP) is 3.15. The molecule has 1 aromatic carbocycles. The molecular formula is C19H26FIN2O5S. The first kappa shape index (κ1) is 23.8. The first-order valence-corrected chi connectivity index (χ1v) is 12.1. The third kappa shape index (κ3) is 6.03. The summed E-state index contributed by atoms with van der Waals surface area (Å²) in [6.45, 7) is 5.56. The summed E-state index contributed by atoms with van der Waals surface area (Å²) in [6.07, 6.45) is 0.358. The van der Waals surface area contributed by atoms with Crippen LogP contribution in [0.1, 0.15) is 33.3 Å². The van der Waals surface area contributed by atoms with Gasteiger partial charge in [-0.15, -0.1) is 0 Å². The Kier molecular flexibility index (Phi) is 7.19.